The van der Waals surface area contributed by atoms with E-state index in [0.29, 0.717) is 0 Å². The Balaban J connectivity index is 1.84. The molecule has 1 N–H and O–H groups in total. The third-order valence-corrected chi connectivity index (χ3v) is 5.58. The summed E-state index contributed by atoms with van der Waals surface area (Å²) in [6.07, 6.45) is 0.877. The minimum absolute atomic E-state index is 0.111. The molecule has 3 aromatic rings. The summed E-state index contributed by atoms with van der Waals surface area (Å²) < 4.78 is 29.7. The van der Waals surface area contributed by atoms with Crippen molar-refractivity contribution in [1.29, 1.82) is 0 Å². The number of rotatable bonds is 3. The van der Waals surface area contributed by atoms with Gasteiger partial charge in [0.25, 0.3) is 0 Å². The van der Waals surface area contributed by atoms with Gasteiger partial charge < -0.3 is 14.6 Å². The van der Waals surface area contributed by atoms with Gasteiger partial charge in [0.05, 0.1) is 6.54 Å². The Hall–Kier alpha value is -2.24. The molecule has 1 atom stereocenters. The number of aryl methyl sites for hydroxylation is 1. The van der Waals surface area contributed by atoms with Gasteiger partial charge in [-0.3, -0.25) is 0 Å². The number of benzene rings is 2. The second-order valence-corrected chi connectivity index (χ2v) is 7.92. The lowest BCUT2D eigenvalue weighted by atomic mass is 9.95. The van der Waals surface area contributed by atoms with Gasteiger partial charge in [0.15, 0.2) is 0 Å². The second kappa shape index (κ2) is 6.43. The molecule has 4 rings (SSSR count). The number of hydrogen-bond acceptors (Lipinski definition) is 2. The molecule has 142 valence electrons. The number of likely N-dealkylation sites (N-methyl/N-ethyl adjacent to an activating group) is 1. The fourth-order valence-corrected chi connectivity index (χ4v) is 4.20. The highest BCUT2D eigenvalue weighted by molar-refractivity contribution is 5.86. The molecular weight excluding hydrogens is 346 g/mol. The van der Waals surface area contributed by atoms with Crippen molar-refractivity contribution in [3.8, 4) is 0 Å². The molecule has 27 heavy (non-hydrogen) atoms. The first kappa shape index (κ1) is 18.1. The first-order valence-electron chi connectivity index (χ1n) is 9.23. The predicted octanol–water partition coefficient (Wildman–Crippen LogP) is 4.12. The molecule has 2 heterocycles. The van der Waals surface area contributed by atoms with E-state index in [-0.39, 0.29) is 12.1 Å². The molecule has 1 aliphatic heterocycles. The highest BCUT2D eigenvalue weighted by Gasteiger charge is 2.31. The Morgan fingerprint density at radius 3 is 2.67 bits per heavy atom. The van der Waals surface area contributed by atoms with Crippen LogP contribution in [0.3, 0.4) is 0 Å². The van der Waals surface area contributed by atoms with Gasteiger partial charge in [-0.05, 0) is 44.7 Å². The van der Waals surface area contributed by atoms with Crippen molar-refractivity contribution in [2.24, 2.45) is 0 Å². The first-order valence-corrected chi connectivity index (χ1v) is 9.23. The minimum Gasteiger partial charge on any atom is -0.383 e. The van der Waals surface area contributed by atoms with E-state index in [2.05, 4.69) is 41.6 Å². The summed E-state index contributed by atoms with van der Waals surface area (Å²) in [5.74, 6) is -1.37. The molecule has 1 aliphatic rings. The molecule has 0 spiro atoms. The molecule has 2 aromatic carbocycles. The van der Waals surface area contributed by atoms with E-state index in [1.807, 2.05) is 0 Å². The van der Waals surface area contributed by atoms with Crippen LogP contribution in [-0.2, 0) is 25.1 Å². The lowest BCUT2D eigenvalue weighted by molar-refractivity contribution is 0.0348. The van der Waals surface area contributed by atoms with Crippen molar-refractivity contribution in [1.82, 2.24) is 9.47 Å². The molecule has 0 radical (unpaired) electrons. The van der Waals surface area contributed by atoms with Gasteiger partial charge in [-0.15, -0.1) is 0 Å². The van der Waals surface area contributed by atoms with Gasteiger partial charge in [-0.1, -0.05) is 17.7 Å². The summed E-state index contributed by atoms with van der Waals surface area (Å²) in [4.78, 5) is 2.28. The van der Waals surface area contributed by atoms with Crippen LogP contribution in [0.25, 0.3) is 10.9 Å². The number of halogens is 2. The summed E-state index contributed by atoms with van der Waals surface area (Å²) in [5, 5.41) is 12.3. The number of aliphatic hydroxyl groups is 1. The smallest absolute Gasteiger partial charge is 0.132 e. The van der Waals surface area contributed by atoms with Crippen LogP contribution in [0.4, 0.5) is 8.78 Å². The van der Waals surface area contributed by atoms with Gasteiger partial charge in [-0.2, -0.15) is 0 Å². The number of aromatic nitrogens is 1. The topological polar surface area (TPSA) is 28.4 Å². The second-order valence-electron chi connectivity index (χ2n) is 7.92. The number of hydrogen-bond donors (Lipinski definition) is 1. The molecule has 1 unspecified atom stereocenters. The molecule has 0 aliphatic carbocycles. The Labute approximate surface area is 157 Å². The van der Waals surface area contributed by atoms with Crippen LogP contribution in [0.5, 0.6) is 0 Å². The van der Waals surface area contributed by atoms with Crippen LogP contribution >= 0.6 is 0 Å². The lowest BCUT2D eigenvalue weighted by Gasteiger charge is -2.29. The van der Waals surface area contributed by atoms with Crippen molar-refractivity contribution in [3.05, 3.63) is 70.4 Å². The molecule has 3 nitrogen and oxygen atoms in total. The van der Waals surface area contributed by atoms with Gasteiger partial charge in [-0.25, -0.2) is 8.78 Å². The molecular formula is C22H24F2N2O. The zero-order valence-electron chi connectivity index (χ0n) is 15.9. The van der Waals surface area contributed by atoms with E-state index in [1.54, 1.807) is 6.92 Å². The number of nitrogens with zero attached hydrogens (tertiary/aromatic N) is 2. The van der Waals surface area contributed by atoms with Crippen molar-refractivity contribution >= 4 is 10.9 Å². The molecule has 0 saturated carbocycles. The highest BCUT2D eigenvalue weighted by Crippen LogP contribution is 2.35. The van der Waals surface area contributed by atoms with Crippen LogP contribution < -0.4 is 0 Å². The number of fused-ring (bicyclic) bond motifs is 3. The maximum Gasteiger partial charge on any atom is 0.132 e. The van der Waals surface area contributed by atoms with E-state index in [0.717, 1.165) is 31.1 Å². The van der Waals surface area contributed by atoms with Crippen LogP contribution in [0.1, 0.15) is 29.3 Å². The third kappa shape index (κ3) is 3.15. The fraction of sp³-hybridized carbons (Fsp3) is 0.364. The standard InChI is InChI=1S/C22H24F2N2O/c1-14-4-7-20-16(10-14)17-12-25(3)9-8-21(17)26(20)13-22(2,27)18-6-5-15(23)11-19(18)24/h4-7,10-11,27H,8-9,12-13H2,1-3H3. The van der Waals surface area contributed by atoms with Gasteiger partial charge >= 0.3 is 0 Å². The van der Waals surface area contributed by atoms with E-state index < -0.39 is 17.2 Å². The zero-order chi connectivity index (χ0) is 19.3. The van der Waals surface area contributed by atoms with Gasteiger partial charge in [0.2, 0.25) is 0 Å². The first-order chi connectivity index (χ1) is 12.8. The average molecular weight is 370 g/mol. The molecule has 5 heteroatoms. The normalized spacial score (nSPS) is 17.1. The van der Waals surface area contributed by atoms with E-state index in [1.165, 1.54) is 34.3 Å². The molecule has 0 amide bonds. The van der Waals surface area contributed by atoms with Crippen molar-refractivity contribution < 1.29 is 13.9 Å². The Morgan fingerprint density at radius 1 is 1.15 bits per heavy atom. The van der Waals surface area contributed by atoms with Crippen molar-refractivity contribution in [2.75, 3.05) is 13.6 Å². The lowest BCUT2D eigenvalue weighted by Crippen LogP contribution is -2.32. The van der Waals surface area contributed by atoms with Crippen LogP contribution in [0, 0.1) is 18.6 Å². The summed E-state index contributed by atoms with van der Waals surface area (Å²) in [5.41, 5.74) is 3.36. The minimum atomic E-state index is -1.45. The Bertz CT molecular complexity index is 1020. The fourth-order valence-electron chi connectivity index (χ4n) is 4.20. The quantitative estimate of drug-likeness (QED) is 0.751. The third-order valence-electron chi connectivity index (χ3n) is 5.58. The summed E-state index contributed by atoms with van der Waals surface area (Å²) >= 11 is 0. The van der Waals surface area contributed by atoms with E-state index in [4.69, 9.17) is 0 Å². The summed E-state index contributed by atoms with van der Waals surface area (Å²) in [6, 6.07) is 9.65. The summed E-state index contributed by atoms with van der Waals surface area (Å²) in [7, 11) is 2.10. The molecule has 1 aromatic heterocycles. The monoisotopic (exact) mass is 370 g/mol. The van der Waals surface area contributed by atoms with Gasteiger partial charge in [0, 0.05) is 47.7 Å². The molecule has 0 fully saturated rings. The Morgan fingerprint density at radius 2 is 1.93 bits per heavy atom. The van der Waals surface area contributed by atoms with Crippen LogP contribution in [-0.4, -0.2) is 28.2 Å². The summed E-state index contributed by atoms with van der Waals surface area (Å²) in [6.45, 7) is 5.67. The highest BCUT2D eigenvalue weighted by atomic mass is 19.1. The van der Waals surface area contributed by atoms with Gasteiger partial charge in [0.1, 0.15) is 17.2 Å². The zero-order valence-corrected chi connectivity index (χ0v) is 15.9. The van der Waals surface area contributed by atoms with Crippen LogP contribution in [0.2, 0.25) is 0 Å². The van der Waals surface area contributed by atoms with E-state index in [9.17, 15) is 13.9 Å². The molecule has 0 bridgehead atoms. The molecule has 0 saturated heterocycles. The predicted molar refractivity (Wildman–Crippen MR) is 103 cm³/mol. The SMILES string of the molecule is Cc1ccc2c(c1)c1c(n2CC(C)(O)c2ccc(F)cc2F)CCN(C)C1. The van der Waals surface area contributed by atoms with Crippen molar-refractivity contribution in [3.63, 3.8) is 0 Å². The Kier molecular flexibility index (Phi) is 4.32. The van der Waals surface area contributed by atoms with Crippen LogP contribution in [0.15, 0.2) is 36.4 Å². The van der Waals surface area contributed by atoms with Crippen molar-refractivity contribution in [2.45, 2.75) is 39.0 Å². The maximum absolute atomic E-state index is 14.3. The average Bonchev–Trinajstić information content (AvgIpc) is 2.86. The maximum atomic E-state index is 14.3. The van der Waals surface area contributed by atoms with E-state index >= 15 is 0 Å². The largest absolute Gasteiger partial charge is 0.383 e.